The number of aromatic nitrogens is 1. The van der Waals surface area contributed by atoms with E-state index in [-0.39, 0.29) is 17.8 Å². The quantitative estimate of drug-likeness (QED) is 0.526. The third kappa shape index (κ3) is 4.70. The van der Waals surface area contributed by atoms with E-state index in [4.69, 9.17) is 19.2 Å². The zero-order valence-electron chi connectivity index (χ0n) is 17.3. The van der Waals surface area contributed by atoms with Crippen molar-refractivity contribution in [1.82, 2.24) is 4.98 Å². The molecule has 1 aliphatic heterocycles. The maximum Gasteiger partial charge on any atom is 0.260 e. The van der Waals surface area contributed by atoms with Crippen LogP contribution in [0.25, 0.3) is 11.3 Å². The van der Waals surface area contributed by atoms with E-state index in [1.165, 1.54) is 35.6 Å². The first-order valence-electron chi connectivity index (χ1n) is 9.96. The van der Waals surface area contributed by atoms with Crippen LogP contribution < -0.4 is 14.4 Å². The highest BCUT2D eigenvalue weighted by molar-refractivity contribution is 7.14. The molecule has 0 radical (unpaired) electrons. The average molecular weight is 443 g/mol. The van der Waals surface area contributed by atoms with Crippen molar-refractivity contribution in [3.05, 3.63) is 59.2 Å². The van der Waals surface area contributed by atoms with Crippen molar-refractivity contribution in [3.8, 4) is 22.8 Å². The molecular formula is C23H23FN2O4S. The predicted molar refractivity (Wildman–Crippen MR) is 118 cm³/mol. The summed E-state index contributed by atoms with van der Waals surface area (Å²) in [6.45, 7) is 1.08. The number of halogens is 1. The highest BCUT2D eigenvalue weighted by atomic mass is 32.1. The number of carbonyl (C=O) groups excluding carboxylic acids is 1. The Morgan fingerprint density at radius 3 is 2.71 bits per heavy atom. The van der Waals surface area contributed by atoms with Gasteiger partial charge in [0.25, 0.3) is 5.91 Å². The zero-order valence-corrected chi connectivity index (χ0v) is 18.2. The third-order valence-electron chi connectivity index (χ3n) is 5.15. The molecule has 0 aliphatic carbocycles. The molecular weight excluding hydrogens is 419 g/mol. The van der Waals surface area contributed by atoms with Crippen LogP contribution in [0.4, 0.5) is 9.52 Å². The van der Waals surface area contributed by atoms with Gasteiger partial charge in [0.1, 0.15) is 17.3 Å². The highest BCUT2D eigenvalue weighted by Crippen LogP contribution is 2.36. The average Bonchev–Trinajstić information content (AvgIpc) is 3.49. The Bertz CT molecular complexity index is 1050. The molecule has 0 N–H and O–H groups in total. The molecule has 6 nitrogen and oxygen atoms in total. The molecule has 1 atom stereocenters. The van der Waals surface area contributed by atoms with Crippen LogP contribution in [-0.2, 0) is 4.74 Å². The minimum atomic E-state index is -0.385. The lowest BCUT2D eigenvalue weighted by Gasteiger charge is -2.23. The Balaban J connectivity index is 1.68. The van der Waals surface area contributed by atoms with Crippen LogP contribution in [0.3, 0.4) is 0 Å². The number of benzene rings is 2. The predicted octanol–water partition coefficient (Wildman–Crippen LogP) is 4.79. The second-order valence-corrected chi connectivity index (χ2v) is 7.98. The van der Waals surface area contributed by atoms with E-state index >= 15 is 0 Å². The highest BCUT2D eigenvalue weighted by Gasteiger charge is 2.27. The van der Waals surface area contributed by atoms with Crippen LogP contribution in [0, 0.1) is 5.82 Å². The number of rotatable bonds is 7. The second kappa shape index (κ2) is 9.45. The topological polar surface area (TPSA) is 60.9 Å². The smallest absolute Gasteiger partial charge is 0.260 e. The molecule has 1 aromatic heterocycles. The van der Waals surface area contributed by atoms with Crippen LogP contribution in [0.15, 0.2) is 47.8 Å². The largest absolute Gasteiger partial charge is 0.497 e. The summed E-state index contributed by atoms with van der Waals surface area (Å²) in [5.74, 6) is 0.718. The molecule has 1 fully saturated rings. The van der Waals surface area contributed by atoms with Crippen molar-refractivity contribution < 1.29 is 23.4 Å². The summed E-state index contributed by atoms with van der Waals surface area (Å²) in [4.78, 5) is 19.6. The van der Waals surface area contributed by atoms with Gasteiger partial charge in [0.05, 0.1) is 32.6 Å². The molecule has 0 bridgehead atoms. The van der Waals surface area contributed by atoms with E-state index in [0.29, 0.717) is 41.0 Å². The molecule has 1 saturated heterocycles. The first kappa shape index (κ1) is 21.3. The lowest BCUT2D eigenvalue weighted by molar-refractivity contribution is 0.0917. The van der Waals surface area contributed by atoms with Gasteiger partial charge in [0, 0.05) is 23.1 Å². The summed E-state index contributed by atoms with van der Waals surface area (Å²) in [5.41, 5.74) is 1.85. The van der Waals surface area contributed by atoms with E-state index in [1.54, 1.807) is 19.1 Å². The standard InChI is InChI=1S/C23H23FN2O4S/c1-28-17-9-10-21(29-2)19(12-17)20-14-31-23(25-20)26(13-18-4-3-11-30-18)22(27)15-5-7-16(24)8-6-15/h5-10,12,14,18H,3-4,11,13H2,1-2H3/t18-/m1/s1. The number of ether oxygens (including phenoxy) is 3. The van der Waals surface area contributed by atoms with Crippen molar-refractivity contribution in [3.63, 3.8) is 0 Å². The van der Waals surface area contributed by atoms with E-state index in [0.717, 1.165) is 18.4 Å². The SMILES string of the molecule is COc1ccc(OC)c(-c2csc(N(C[C@H]3CCCO3)C(=O)c3ccc(F)cc3)n2)c1. The molecule has 4 rings (SSSR count). The molecule has 0 unspecified atom stereocenters. The van der Waals surface area contributed by atoms with Gasteiger partial charge in [-0.1, -0.05) is 0 Å². The fourth-order valence-corrected chi connectivity index (χ4v) is 4.35. The van der Waals surface area contributed by atoms with Gasteiger partial charge in [-0.15, -0.1) is 11.3 Å². The number of hydrogen-bond acceptors (Lipinski definition) is 6. The number of carbonyl (C=O) groups is 1. The fraction of sp³-hybridized carbons (Fsp3) is 0.304. The number of thiazole rings is 1. The van der Waals surface area contributed by atoms with Crippen LogP contribution in [-0.4, -0.2) is 44.4 Å². The van der Waals surface area contributed by atoms with Crippen LogP contribution in [0.5, 0.6) is 11.5 Å². The minimum absolute atomic E-state index is 0.0527. The Morgan fingerprint density at radius 2 is 2.03 bits per heavy atom. The van der Waals surface area contributed by atoms with Gasteiger partial charge >= 0.3 is 0 Å². The summed E-state index contributed by atoms with van der Waals surface area (Å²) in [6, 6.07) is 11.0. The number of methoxy groups -OCH3 is 2. The van der Waals surface area contributed by atoms with Crippen LogP contribution in [0.1, 0.15) is 23.2 Å². The summed E-state index contributed by atoms with van der Waals surface area (Å²) < 4.78 is 29.9. The second-order valence-electron chi connectivity index (χ2n) is 7.14. The third-order valence-corrected chi connectivity index (χ3v) is 6.02. The van der Waals surface area contributed by atoms with Crippen LogP contribution >= 0.6 is 11.3 Å². The number of nitrogens with zero attached hydrogens (tertiary/aromatic N) is 2. The minimum Gasteiger partial charge on any atom is -0.497 e. The lowest BCUT2D eigenvalue weighted by atomic mass is 10.1. The first-order chi connectivity index (χ1) is 15.1. The molecule has 31 heavy (non-hydrogen) atoms. The zero-order chi connectivity index (χ0) is 21.8. The van der Waals surface area contributed by atoms with Crippen molar-refractivity contribution in [2.75, 3.05) is 32.3 Å². The normalized spacial score (nSPS) is 15.6. The monoisotopic (exact) mass is 442 g/mol. The Labute approximate surface area is 184 Å². The summed E-state index contributed by atoms with van der Waals surface area (Å²) in [5, 5.41) is 2.43. The van der Waals surface area contributed by atoms with Crippen molar-refractivity contribution in [2.45, 2.75) is 18.9 Å². The molecule has 0 spiro atoms. The van der Waals surface area contributed by atoms with Crippen molar-refractivity contribution in [1.29, 1.82) is 0 Å². The molecule has 3 aromatic rings. The Hall–Kier alpha value is -2.97. The van der Waals surface area contributed by atoms with Gasteiger partial charge in [-0.25, -0.2) is 9.37 Å². The van der Waals surface area contributed by atoms with Crippen LogP contribution in [0.2, 0.25) is 0 Å². The van der Waals surface area contributed by atoms with Gasteiger partial charge in [0.15, 0.2) is 5.13 Å². The van der Waals surface area contributed by atoms with Gasteiger partial charge in [0.2, 0.25) is 0 Å². The lowest BCUT2D eigenvalue weighted by Crippen LogP contribution is -2.37. The molecule has 1 aliphatic rings. The van der Waals surface area contributed by atoms with E-state index in [1.807, 2.05) is 23.6 Å². The summed E-state index contributed by atoms with van der Waals surface area (Å²) >= 11 is 1.36. The Morgan fingerprint density at radius 1 is 1.23 bits per heavy atom. The number of anilines is 1. The molecule has 2 aromatic carbocycles. The number of amides is 1. The van der Waals surface area contributed by atoms with E-state index in [9.17, 15) is 9.18 Å². The fourth-order valence-electron chi connectivity index (χ4n) is 3.51. The molecule has 2 heterocycles. The molecule has 162 valence electrons. The molecule has 8 heteroatoms. The summed E-state index contributed by atoms with van der Waals surface area (Å²) in [7, 11) is 3.20. The Kier molecular flexibility index (Phi) is 6.48. The van der Waals surface area contributed by atoms with Gasteiger partial charge < -0.3 is 14.2 Å². The van der Waals surface area contributed by atoms with E-state index < -0.39 is 0 Å². The maximum absolute atomic E-state index is 13.3. The van der Waals surface area contributed by atoms with Crippen molar-refractivity contribution in [2.24, 2.45) is 0 Å². The van der Waals surface area contributed by atoms with Gasteiger partial charge in [-0.2, -0.15) is 0 Å². The molecule has 0 saturated carbocycles. The maximum atomic E-state index is 13.3. The molecule has 1 amide bonds. The van der Waals surface area contributed by atoms with Gasteiger partial charge in [-0.3, -0.25) is 9.69 Å². The number of hydrogen-bond donors (Lipinski definition) is 0. The van der Waals surface area contributed by atoms with Crippen molar-refractivity contribution >= 4 is 22.4 Å². The first-order valence-corrected chi connectivity index (χ1v) is 10.8. The van der Waals surface area contributed by atoms with Gasteiger partial charge in [-0.05, 0) is 55.3 Å². The summed E-state index contributed by atoms with van der Waals surface area (Å²) in [6.07, 6.45) is 1.80. The van der Waals surface area contributed by atoms with E-state index in [2.05, 4.69) is 0 Å².